The molecule has 1 aromatic carbocycles. The quantitative estimate of drug-likeness (QED) is 0.931. The Morgan fingerprint density at radius 1 is 1.55 bits per heavy atom. The van der Waals surface area contributed by atoms with Crippen molar-refractivity contribution >= 4 is 46.0 Å². The third-order valence-corrected chi connectivity index (χ3v) is 4.37. The Bertz CT molecular complexity index is 576. The van der Waals surface area contributed by atoms with Crippen LogP contribution in [0, 0.1) is 0 Å². The second-order valence-electron chi connectivity index (χ2n) is 4.27. The van der Waals surface area contributed by atoms with Crippen LogP contribution in [0.25, 0.3) is 0 Å². The standard InChI is InChI=1S/C13H14ClN3O2S/c1-15-13-17(2)12(19)10(20-13)7-11(18)16-9-5-3-4-8(14)6-9/h3-6,10H,7H2,1-2H3,(H,16,18)/t10-/m0/s1. The van der Waals surface area contributed by atoms with Crippen LogP contribution in [0.3, 0.4) is 0 Å². The van der Waals surface area contributed by atoms with Crippen molar-refractivity contribution < 1.29 is 9.59 Å². The lowest BCUT2D eigenvalue weighted by molar-refractivity contribution is -0.127. The molecule has 2 amide bonds. The third-order valence-electron chi connectivity index (χ3n) is 2.81. The van der Waals surface area contributed by atoms with Crippen LogP contribution in [0.2, 0.25) is 5.02 Å². The molecule has 1 fully saturated rings. The molecule has 106 valence electrons. The summed E-state index contributed by atoms with van der Waals surface area (Å²) < 4.78 is 0. The van der Waals surface area contributed by atoms with E-state index in [4.69, 9.17) is 11.6 Å². The molecule has 2 rings (SSSR count). The maximum atomic E-state index is 11.9. The maximum absolute atomic E-state index is 11.9. The monoisotopic (exact) mass is 311 g/mol. The summed E-state index contributed by atoms with van der Waals surface area (Å²) in [7, 11) is 3.28. The van der Waals surface area contributed by atoms with Crippen molar-refractivity contribution in [1.82, 2.24) is 4.90 Å². The number of carbonyl (C=O) groups excluding carboxylic acids is 2. The van der Waals surface area contributed by atoms with Crippen molar-refractivity contribution in [3.63, 3.8) is 0 Å². The number of hydrogen-bond donors (Lipinski definition) is 1. The van der Waals surface area contributed by atoms with Gasteiger partial charge in [-0.1, -0.05) is 29.4 Å². The summed E-state index contributed by atoms with van der Waals surface area (Å²) in [5, 5.41) is 3.50. The number of amidine groups is 1. The first kappa shape index (κ1) is 14.9. The maximum Gasteiger partial charge on any atom is 0.242 e. The molecule has 0 spiro atoms. The summed E-state index contributed by atoms with van der Waals surface area (Å²) >= 11 is 7.16. The summed E-state index contributed by atoms with van der Waals surface area (Å²) in [6.45, 7) is 0. The van der Waals surface area contributed by atoms with Gasteiger partial charge in [0.25, 0.3) is 0 Å². The van der Waals surface area contributed by atoms with Crippen LogP contribution >= 0.6 is 23.4 Å². The first-order valence-electron chi connectivity index (χ1n) is 5.97. The molecule has 1 heterocycles. The summed E-state index contributed by atoms with van der Waals surface area (Å²) in [5.74, 6) is -0.319. The first-order valence-corrected chi connectivity index (χ1v) is 7.23. The molecular weight excluding hydrogens is 298 g/mol. The number of carbonyl (C=O) groups is 2. The topological polar surface area (TPSA) is 61.8 Å². The molecule has 1 atom stereocenters. The van der Waals surface area contributed by atoms with Crippen molar-refractivity contribution in [2.75, 3.05) is 19.4 Å². The minimum atomic E-state index is -0.419. The van der Waals surface area contributed by atoms with Crippen molar-refractivity contribution in [1.29, 1.82) is 0 Å². The average molecular weight is 312 g/mol. The Morgan fingerprint density at radius 3 is 2.90 bits per heavy atom. The van der Waals surface area contributed by atoms with Crippen LogP contribution in [-0.4, -0.2) is 41.2 Å². The van der Waals surface area contributed by atoms with E-state index in [1.54, 1.807) is 38.4 Å². The highest BCUT2D eigenvalue weighted by atomic mass is 35.5. The molecule has 20 heavy (non-hydrogen) atoms. The summed E-state index contributed by atoms with van der Waals surface area (Å²) in [4.78, 5) is 29.4. The number of benzene rings is 1. The number of anilines is 1. The molecule has 1 aliphatic heterocycles. The van der Waals surface area contributed by atoms with E-state index in [1.165, 1.54) is 16.7 Å². The minimum absolute atomic E-state index is 0.100. The fourth-order valence-corrected chi connectivity index (χ4v) is 3.14. The highest BCUT2D eigenvalue weighted by molar-refractivity contribution is 8.15. The van der Waals surface area contributed by atoms with Crippen LogP contribution in [0.15, 0.2) is 29.3 Å². The minimum Gasteiger partial charge on any atom is -0.326 e. The number of amides is 2. The van der Waals surface area contributed by atoms with E-state index in [9.17, 15) is 9.59 Å². The van der Waals surface area contributed by atoms with Crippen LogP contribution < -0.4 is 5.32 Å². The molecule has 1 saturated heterocycles. The van der Waals surface area contributed by atoms with Gasteiger partial charge in [-0.2, -0.15) is 0 Å². The molecular formula is C13H14ClN3O2S. The molecule has 0 bridgehead atoms. The van der Waals surface area contributed by atoms with Crippen molar-refractivity contribution in [3.8, 4) is 0 Å². The summed E-state index contributed by atoms with van der Waals surface area (Å²) in [5.41, 5.74) is 0.621. The SMILES string of the molecule is CN=C1S[C@@H](CC(=O)Nc2cccc(Cl)c2)C(=O)N1C. The largest absolute Gasteiger partial charge is 0.326 e. The Kier molecular flexibility index (Phi) is 4.67. The lowest BCUT2D eigenvalue weighted by Crippen LogP contribution is -2.30. The number of hydrogen-bond acceptors (Lipinski definition) is 4. The molecule has 0 aliphatic carbocycles. The van der Waals surface area contributed by atoms with Crippen molar-refractivity contribution in [3.05, 3.63) is 29.3 Å². The Labute approximate surface area is 126 Å². The van der Waals surface area contributed by atoms with E-state index in [2.05, 4.69) is 10.3 Å². The van der Waals surface area contributed by atoms with Crippen molar-refractivity contribution in [2.24, 2.45) is 4.99 Å². The van der Waals surface area contributed by atoms with E-state index in [-0.39, 0.29) is 18.2 Å². The van der Waals surface area contributed by atoms with E-state index < -0.39 is 5.25 Å². The van der Waals surface area contributed by atoms with Gasteiger partial charge in [-0.05, 0) is 18.2 Å². The predicted octanol–water partition coefficient (Wildman–Crippen LogP) is 2.23. The smallest absolute Gasteiger partial charge is 0.242 e. The number of nitrogens with zero attached hydrogens (tertiary/aromatic N) is 2. The number of thioether (sulfide) groups is 1. The molecule has 0 aromatic heterocycles. The van der Waals surface area contributed by atoms with E-state index >= 15 is 0 Å². The molecule has 0 unspecified atom stereocenters. The molecule has 0 radical (unpaired) electrons. The summed E-state index contributed by atoms with van der Waals surface area (Å²) in [6.07, 6.45) is 0.110. The molecule has 5 nitrogen and oxygen atoms in total. The van der Waals surface area contributed by atoms with Gasteiger partial charge in [0.05, 0.1) is 0 Å². The van der Waals surface area contributed by atoms with Gasteiger partial charge >= 0.3 is 0 Å². The van der Waals surface area contributed by atoms with Gasteiger partial charge in [0, 0.05) is 31.2 Å². The number of nitrogens with one attached hydrogen (secondary N) is 1. The van der Waals surface area contributed by atoms with Crippen LogP contribution in [0.5, 0.6) is 0 Å². The Balaban J connectivity index is 1.97. The number of aliphatic imine (C=N–C) groups is 1. The van der Waals surface area contributed by atoms with Crippen molar-refractivity contribution in [2.45, 2.75) is 11.7 Å². The number of halogens is 1. The molecule has 1 aromatic rings. The molecule has 1 N–H and O–H groups in total. The lowest BCUT2D eigenvalue weighted by atomic mass is 10.2. The normalized spacial score (nSPS) is 20.6. The zero-order chi connectivity index (χ0) is 14.7. The van der Waals surface area contributed by atoms with Crippen LogP contribution in [-0.2, 0) is 9.59 Å². The molecule has 7 heteroatoms. The fraction of sp³-hybridized carbons (Fsp3) is 0.308. The van der Waals surface area contributed by atoms with Gasteiger partial charge in [-0.25, -0.2) is 0 Å². The van der Waals surface area contributed by atoms with E-state index in [0.29, 0.717) is 15.9 Å². The molecule has 0 saturated carbocycles. The fourth-order valence-electron chi connectivity index (χ4n) is 1.85. The van der Waals surface area contributed by atoms with Gasteiger partial charge in [0.15, 0.2) is 5.17 Å². The second-order valence-corrected chi connectivity index (χ2v) is 5.88. The van der Waals surface area contributed by atoms with Gasteiger partial charge < -0.3 is 5.32 Å². The van der Waals surface area contributed by atoms with E-state index in [1.807, 2.05) is 0 Å². The predicted molar refractivity (Wildman–Crippen MR) is 82.2 cm³/mol. The summed E-state index contributed by atoms with van der Waals surface area (Å²) in [6, 6.07) is 6.89. The average Bonchev–Trinajstić information content (AvgIpc) is 2.66. The van der Waals surface area contributed by atoms with Gasteiger partial charge in [0.1, 0.15) is 5.25 Å². The Hall–Kier alpha value is -1.53. The zero-order valence-electron chi connectivity index (χ0n) is 11.1. The Morgan fingerprint density at radius 2 is 2.30 bits per heavy atom. The van der Waals surface area contributed by atoms with E-state index in [0.717, 1.165) is 0 Å². The zero-order valence-corrected chi connectivity index (χ0v) is 12.7. The third kappa shape index (κ3) is 3.32. The lowest BCUT2D eigenvalue weighted by Gasteiger charge is -2.09. The van der Waals surface area contributed by atoms with Crippen LogP contribution in [0.1, 0.15) is 6.42 Å². The first-order chi connectivity index (χ1) is 9.51. The van der Waals surface area contributed by atoms with Gasteiger partial charge in [-0.3, -0.25) is 19.5 Å². The van der Waals surface area contributed by atoms with Gasteiger partial charge in [-0.15, -0.1) is 0 Å². The molecule has 1 aliphatic rings. The van der Waals surface area contributed by atoms with Crippen LogP contribution in [0.4, 0.5) is 5.69 Å². The second kappa shape index (κ2) is 6.28. The highest BCUT2D eigenvalue weighted by Gasteiger charge is 2.36. The van der Waals surface area contributed by atoms with Gasteiger partial charge in [0.2, 0.25) is 11.8 Å². The highest BCUT2D eigenvalue weighted by Crippen LogP contribution is 2.28. The number of rotatable bonds is 3.